The maximum atomic E-state index is 14.2. The third-order valence-electron chi connectivity index (χ3n) is 7.93. The van der Waals surface area contributed by atoms with E-state index in [1.165, 1.54) is 12.1 Å². The van der Waals surface area contributed by atoms with Crippen molar-refractivity contribution in [3.8, 4) is 17.1 Å². The lowest BCUT2D eigenvalue weighted by molar-refractivity contribution is 0.0205. The number of carbonyl (C=O) groups excluding carboxylic acids is 1. The summed E-state index contributed by atoms with van der Waals surface area (Å²) in [5, 5.41) is 3.57. The molecule has 1 amide bonds. The highest BCUT2D eigenvalue weighted by Crippen LogP contribution is 2.33. The first-order valence-corrected chi connectivity index (χ1v) is 16.2. The summed E-state index contributed by atoms with van der Waals surface area (Å²) in [7, 11) is -4.10. The second-order valence-corrected chi connectivity index (χ2v) is 13.9. The van der Waals surface area contributed by atoms with E-state index >= 15 is 0 Å². The zero-order valence-corrected chi connectivity index (χ0v) is 26.0. The number of aromatic nitrogens is 2. The molecule has 1 aliphatic heterocycles. The number of rotatable bonds is 6. The molecular formula is C32H41N5O4S. The zero-order valence-electron chi connectivity index (χ0n) is 25.2. The molecule has 2 heterocycles. The fraction of sp³-hybridized carbons (Fsp3) is 0.469. The lowest BCUT2D eigenvalue weighted by Crippen LogP contribution is -2.59. The van der Waals surface area contributed by atoms with E-state index in [-0.39, 0.29) is 41.3 Å². The number of nitrogens with one attached hydrogen (secondary N) is 2. The van der Waals surface area contributed by atoms with Crippen molar-refractivity contribution in [3.05, 3.63) is 65.2 Å². The molecule has 2 N–H and O–H groups in total. The molecule has 3 aromatic rings. The van der Waals surface area contributed by atoms with Gasteiger partial charge in [-0.1, -0.05) is 52.0 Å². The molecule has 0 unspecified atom stereocenters. The van der Waals surface area contributed by atoms with Crippen molar-refractivity contribution in [2.45, 2.75) is 89.9 Å². The standard InChI is InChI=1S/C32H41N5O4S/c1-19(2)13-26-18-41-29-17-28(30-21(5)9-7-10-22(30)6)34-32(35-29)36-42(39,40)27-12-8-11-23(14-27)31(38)37(26)25-15-24(16-25)33-20(3)4/h7-12,14,17,19-20,24-26,33H,13,15-16,18H2,1-6H3,(H,34,35,36)/t24-,25+,26-/m1/s1. The summed E-state index contributed by atoms with van der Waals surface area (Å²) in [6.07, 6.45) is 2.38. The van der Waals surface area contributed by atoms with Crippen LogP contribution in [0.25, 0.3) is 11.3 Å². The number of ether oxygens (including phenoxy) is 1. The van der Waals surface area contributed by atoms with E-state index in [0.717, 1.165) is 36.0 Å². The van der Waals surface area contributed by atoms with Crippen LogP contribution in [0.2, 0.25) is 0 Å². The van der Waals surface area contributed by atoms with E-state index < -0.39 is 10.0 Å². The predicted octanol–water partition coefficient (Wildman–Crippen LogP) is 5.34. The number of hydrogen-bond acceptors (Lipinski definition) is 7. The first-order chi connectivity index (χ1) is 19.9. The largest absolute Gasteiger partial charge is 0.475 e. The SMILES string of the molecule is Cc1cccc(C)c1-c1cc2nc(n1)NS(=O)(=O)c1cccc(c1)C(=O)N([C@H]1C[C@@H](NC(C)C)C1)[C@H](CC(C)C)CO2. The summed E-state index contributed by atoms with van der Waals surface area (Å²) in [6, 6.07) is 14.4. The van der Waals surface area contributed by atoms with E-state index in [9.17, 15) is 13.2 Å². The van der Waals surface area contributed by atoms with Gasteiger partial charge in [-0.2, -0.15) is 4.98 Å². The van der Waals surface area contributed by atoms with Crippen LogP contribution in [0.4, 0.5) is 5.95 Å². The Morgan fingerprint density at radius 1 is 1.02 bits per heavy atom. The van der Waals surface area contributed by atoms with Crippen molar-refractivity contribution in [3.63, 3.8) is 0 Å². The molecule has 0 radical (unpaired) electrons. The van der Waals surface area contributed by atoms with E-state index in [0.29, 0.717) is 29.3 Å². The van der Waals surface area contributed by atoms with Crippen LogP contribution in [0, 0.1) is 19.8 Å². The number of anilines is 1. The summed E-state index contributed by atoms with van der Waals surface area (Å²) < 4.78 is 35.9. The third-order valence-corrected chi connectivity index (χ3v) is 9.25. The second-order valence-electron chi connectivity index (χ2n) is 12.3. The molecule has 1 atom stereocenters. The molecule has 2 aliphatic rings. The fourth-order valence-corrected chi connectivity index (χ4v) is 7.04. The van der Waals surface area contributed by atoms with Gasteiger partial charge in [0.05, 0.1) is 16.6 Å². The summed E-state index contributed by atoms with van der Waals surface area (Å²) >= 11 is 0. The van der Waals surface area contributed by atoms with E-state index in [4.69, 9.17) is 4.74 Å². The lowest BCUT2D eigenvalue weighted by atomic mass is 9.83. The van der Waals surface area contributed by atoms with Gasteiger partial charge in [0, 0.05) is 35.3 Å². The van der Waals surface area contributed by atoms with Crippen LogP contribution in [0.3, 0.4) is 0 Å². The van der Waals surface area contributed by atoms with Crippen molar-refractivity contribution in [1.29, 1.82) is 0 Å². The maximum Gasteiger partial charge on any atom is 0.264 e. The van der Waals surface area contributed by atoms with Crippen LogP contribution in [-0.2, 0) is 10.0 Å². The Morgan fingerprint density at radius 3 is 2.38 bits per heavy atom. The van der Waals surface area contributed by atoms with Crippen molar-refractivity contribution in [2.24, 2.45) is 5.92 Å². The third kappa shape index (κ3) is 6.44. The highest BCUT2D eigenvalue weighted by Gasteiger charge is 2.40. The predicted molar refractivity (Wildman–Crippen MR) is 164 cm³/mol. The molecule has 9 nitrogen and oxygen atoms in total. The highest BCUT2D eigenvalue weighted by atomic mass is 32.2. The van der Waals surface area contributed by atoms with Crippen LogP contribution < -0.4 is 14.8 Å². The number of aryl methyl sites for hydroxylation is 2. The fourth-order valence-electron chi connectivity index (χ4n) is 6.06. The van der Waals surface area contributed by atoms with E-state index in [1.54, 1.807) is 18.2 Å². The minimum absolute atomic E-state index is 0.00996. The molecule has 42 heavy (non-hydrogen) atoms. The summed E-state index contributed by atoms with van der Waals surface area (Å²) in [4.78, 5) is 25.2. The van der Waals surface area contributed by atoms with Gasteiger partial charge in [-0.3, -0.25) is 4.79 Å². The van der Waals surface area contributed by atoms with Gasteiger partial charge in [0.15, 0.2) is 0 Å². The topological polar surface area (TPSA) is 114 Å². The van der Waals surface area contributed by atoms with Crippen LogP contribution in [0.1, 0.15) is 68.4 Å². The molecular weight excluding hydrogens is 550 g/mol. The van der Waals surface area contributed by atoms with Crippen molar-refractivity contribution in [2.75, 3.05) is 11.3 Å². The number of nitrogens with zero attached hydrogens (tertiary/aromatic N) is 3. The molecule has 1 aliphatic carbocycles. The smallest absolute Gasteiger partial charge is 0.264 e. The Hall–Kier alpha value is -3.50. The van der Waals surface area contributed by atoms with Crippen molar-refractivity contribution in [1.82, 2.24) is 20.2 Å². The minimum Gasteiger partial charge on any atom is -0.475 e. The van der Waals surface area contributed by atoms with Gasteiger partial charge in [-0.25, -0.2) is 18.1 Å². The summed E-state index contributed by atoms with van der Waals surface area (Å²) in [5.41, 5.74) is 3.79. The van der Waals surface area contributed by atoms with Crippen LogP contribution in [-0.4, -0.2) is 60.0 Å². The molecule has 5 rings (SSSR count). The van der Waals surface area contributed by atoms with E-state index in [2.05, 4.69) is 47.7 Å². The summed E-state index contributed by atoms with van der Waals surface area (Å²) in [6.45, 7) is 12.7. The first-order valence-electron chi connectivity index (χ1n) is 14.7. The Kier molecular flexibility index (Phi) is 8.57. The number of fused-ring (bicyclic) bond motifs is 4. The molecule has 10 heteroatoms. The molecule has 0 spiro atoms. The lowest BCUT2D eigenvalue weighted by Gasteiger charge is -2.47. The second kappa shape index (κ2) is 12.0. The van der Waals surface area contributed by atoms with Crippen LogP contribution in [0.5, 0.6) is 5.88 Å². The number of amides is 1. The van der Waals surface area contributed by atoms with Gasteiger partial charge >= 0.3 is 0 Å². The molecule has 1 fully saturated rings. The van der Waals surface area contributed by atoms with Gasteiger partial charge in [0.2, 0.25) is 11.8 Å². The van der Waals surface area contributed by atoms with Gasteiger partial charge in [0.25, 0.3) is 15.9 Å². The summed E-state index contributed by atoms with van der Waals surface area (Å²) in [5.74, 6) is 0.275. The zero-order chi connectivity index (χ0) is 30.2. The van der Waals surface area contributed by atoms with Gasteiger partial charge in [-0.05, 0) is 68.4 Å². The Balaban J connectivity index is 1.62. The average molecular weight is 592 g/mol. The molecule has 0 saturated heterocycles. The number of carbonyl (C=O) groups is 1. The van der Waals surface area contributed by atoms with Gasteiger partial charge in [-0.15, -0.1) is 0 Å². The molecule has 2 aromatic carbocycles. The maximum absolute atomic E-state index is 14.2. The first kappa shape index (κ1) is 30.0. The van der Waals surface area contributed by atoms with E-state index in [1.807, 2.05) is 36.9 Å². The van der Waals surface area contributed by atoms with Gasteiger partial charge < -0.3 is 15.0 Å². The molecule has 1 saturated carbocycles. The molecule has 1 aromatic heterocycles. The van der Waals surface area contributed by atoms with Crippen LogP contribution in [0.15, 0.2) is 53.4 Å². The average Bonchev–Trinajstić information content (AvgIpc) is 2.89. The minimum atomic E-state index is -4.10. The van der Waals surface area contributed by atoms with Crippen LogP contribution >= 0.6 is 0 Å². The van der Waals surface area contributed by atoms with Crippen molar-refractivity contribution >= 4 is 21.9 Å². The van der Waals surface area contributed by atoms with Crippen molar-refractivity contribution < 1.29 is 17.9 Å². The number of sulfonamides is 1. The highest BCUT2D eigenvalue weighted by molar-refractivity contribution is 7.92. The normalized spacial score (nSPS) is 22.0. The monoisotopic (exact) mass is 591 g/mol. The number of benzene rings is 2. The molecule has 224 valence electrons. The Bertz CT molecular complexity index is 1550. The Labute approximate surface area is 249 Å². The number of hydrogen-bond donors (Lipinski definition) is 2. The Morgan fingerprint density at radius 2 is 1.71 bits per heavy atom. The van der Waals surface area contributed by atoms with Gasteiger partial charge in [0.1, 0.15) is 6.61 Å². The molecule has 4 bridgehead atoms. The quantitative estimate of drug-likeness (QED) is 0.398.